The second kappa shape index (κ2) is 5.38. The SMILES string of the molecule is CC(Nc1ncc(S(N)(=O)=O)s1)c1cc2ccccc2s1. The van der Waals surface area contributed by atoms with Crippen molar-refractivity contribution < 1.29 is 8.42 Å². The van der Waals surface area contributed by atoms with E-state index in [4.69, 9.17) is 5.14 Å². The summed E-state index contributed by atoms with van der Waals surface area (Å²) >= 11 is 2.75. The third kappa shape index (κ3) is 3.08. The third-order valence-electron chi connectivity index (χ3n) is 2.98. The summed E-state index contributed by atoms with van der Waals surface area (Å²) in [4.78, 5) is 5.22. The fourth-order valence-electron chi connectivity index (χ4n) is 1.93. The van der Waals surface area contributed by atoms with E-state index in [1.165, 1.54) is 21.2 Å². The number of nitrogens with two attached hydrogens (primary N) is 1. The van der Waals surface area contributed by atoms with Gasteiger partial charge in [-0.3, -0.25) is 0 Å². The van der Waals surface area contributed by atoms with Gasteiger partial charge >= 0.3 is 0 Å². The van der Waals surface area contributed by atoms with Crippen molar-refractivity contribution in [3.8, 4) is 0 Å². The molecule has 1 atom stereocenters. The average Bonchev–Trinajstić information content (AvgIpc) is 3.03. The molecule has 5 nitrogen and oxygen atoms in total. The molecule has 2 heterocycles. The summed E-state index contributed by atoms with van der Waals surface area (Å²) in [5.74, 6) is 0. The molecule has 0 saturated carbocycles. The van der Waals surface area contributed by atoms with E-state index in [9.17, 15) is 8.42 Å². The highest BCUT2D eigenvalue weighted by Gasteiger charge is 2.15. The van der Waals surface area contributed by atoms with Crippen LogP contribution in [0.25, 0.3) is 10.1 Å². The smallest absolute Gasteiger partial charge is 0.249 e. The van der Waals surface area contributed by atoms with Crippen LogP contribution in [0.5, 0.6) is 0 Å². The minimum atomic E-state index is -3.68. The Morgan fingerprint density at radius 3 is 2.71 bits per heavy atom. The first-order valence-corrected chi connectivity index (χ1v) is 9.35. The van der Waals surface area contributed by atoms with Gasteiger partial charge in [0, 0.05) is 9.58 Å². The van der Waals surface area contributed by atoms with E-state index >= 15 is 0 Å². The van der Waals surface area contributed by atoms with Crippen LogP contribution in [0.3, 0.4) is 0 Å². The van der Waals surface area contributed by atoms with E-state index in [2.05, 4.69) is 28.5 Å². The average molecular weight is 339 g/mol. The molecule has 0 spiro atoms. The summed E-state index contributed by atoms with van der Waals surface area (Å²) < 4.78 is 23.8. The van der Waals surface area contributed by atoms with Gasteiger partial charge in [0.2, 0.25) is 10.0 Å². The number of benzene rings is 1. The molecule has 3 rings (SSSR count). The highest BCUT2D eigenvalue weighted by molar-refractivity contribution is 7.91. The number of sulfonamides is 1. The topological polar surface area (TPSA) is 85.1 Å². The highest BCUT2D eigenvalue weighted by Crippen LogP contribution is 2.32. The van der Waals surface area contributed by atoms with E-state index in [-0.39, 0.29) is 10.3 Å². The number of primary sulfonamides is 1. The molecule has 8 heteroatoms. The van der Waals surface area contributed by atoms with Crippen molar-refractivity contribution in [1.29, 1.82) is 0 Å². The number of aromatic nitrogens is 1. The Morgan fingerprint density at radius 2 is 2.05 bits per heavy atom. The largest absolute Gasteiger partial charge is 0.354 e. The van der Waals surface area contributed by atoms with Crippen LogP contribution >= 0.6 is 22.7 Å². The Balaban J connectivity index is 1.82. The third-order valence-corrected chi connectivity index (χ3v) is 6.61. The van der Waals surface area contributed by atoms with Gasteiger partial charge in [-0.2, -0.15) is 0 Å². The number of thiazole rings is 1. The maximum atomic E-state index is 11.2. The summed E-state index contributed by atoms with van der Waals surface area (Å²) in [5.41, 5.74) is 0. The molecule has 110 valence electrons. The maximum absolute atomic E-state index is 11.2. The van der Waals surface area contributed by atoms with Crippen molar-refractivity contribution >= 4 is 47.9 Å². The van der Waals surface area contributed by atoms with Crippen LogP contribution in [0.4, 0.5) is 5.13 Å². The van der Waals surface area contributed by atoms with Gasteiger partial charge in [-0.05, 0) is 24.4 Å². The first-order chi connectivity index (χ1) is 9.93. The summed E-state index contributed by atoms with van der Waals surface area (Å²) in [6, 6.07) is 10.4. The lowest BCUT2D eigenvalue weighted by molar-refractivity contribution is 0.599. The first kappa shape index (κ1) is 14.5. The van der Waals surface area contributed by atoms with E-state index in [0.29, 0.717) is 5.13 Å². The van der Waals surface area contributed by atoms with Crippen molar-refractivity contribution in [2.75, 3.05) is 5.32 Å². The molecule has 0 aliphatic heterocycles. The van der Waals surface area contributed by atoms with Crippen LogP contribution in [0.2, 0.25) is 0 Å². The zero-order valence-corrected chi connectivity index (χ0v) is 13.6. The Labute approximate surface area is 130 Å². The first-order valence-electron chi connectivity index (χ1n) is 6.17. The number of hydrogen-bond donors (Lipinski definition) is 2. The van der Waals surface area contributed by atoms with Gasteiger partial charge in [0.15, 0.2) is 9.34 Å². The summed E-state index contributed by atoms with van der Waals surface area (Å²) in [6.45, 7) is 2.02. The summed E-state index contributed by atoms with van der Waals surface area (Å²) in [6.07, 6.45) is 1.28. The van der Waals surface area contributed by atoms with Gasteiger partial charge in [-0.25, -0.2) is 18.5 Å². The highest BCUT2D eigenvalue weighted by atomic mass is 32.2. The normalized spacial score (nSPS) is 13.4. The number of nitrogens with zero attached hydrogens (tertiary/aromatic N) is 1. The molecule has 0 radical (unpaired) electrons. The van der Waals surface area contributed by atoms with Crippen LogP contribution in [-0.2, 0) is 10.0 Å². The molecule has 0 bridgehead atoms. The van der Waals surface area contributed by atoms with Gasteiger partial charge in [0.1, 0.15) is 0 Å². The van der Waals surface area contributed by atoms with E-state index in [0.717, 1.165) is 11.3 Å². The van der Waals surface area contributed by atoms with Crippen molar-refractivity contribution in [3.63, 3.8) is 0 Å². The van der Waals surface area contributed by atoms with Crippen LogP contribution in [0.1, 0.15) is 17.8 Å². The summed E-state index contributed by atoms with van der Waals surface area (Å²) in [7, 11) is -3.68. The number of anilines is 1. The number of nitrogens with one attached hydrogen (secondary N) is 1. The maximum Gasteiger partial charge on any atom is 0.249 e. The van der Waals surface area contributed by atoms with E-state index in [1.54, 1.807) is 11.3 Å². The molecular formula is C13H13N3O2S3. The second-order valence-corrected chi connectivity index (χ2v) is 8.52. The Hall–Kier alpha value is -1.48. The van der Waals surface area contributed by atoms with Gasteiger partial charge < -0.3 is 5.32 Å². The number of fused-ring (bicyclic) bond motifs is 1. The van der Waals surface area contributed by atoms with Crippen molar-refractivity contribution in [2.24, 2.45) is 5.14 Å². The molecule has 21 heavy (non-hydrogen) atoms. The molecular weight excluding hydrogens is 326 g/mol. The van der Waals surface area contributed by atoms with Gasteiger partial charge in [0.05, 0.1) is 12.2 Å². The number of hydrogen-bond acceptors (Lipinski definition) is 6. The van der Waals surface area contributed by atoms with E-state index in [1.807, 2.05) is 19.1 Å². The number of rotatable bonds is 4. The zero-order chi connectivity index (χ0) is 15.0. The zero-order valence-electron chi connectivity index (χ0n) is 11.1. The Kier molecular flexibility index (Phi) is 3.70. The predicted octanol–water partition coefficient (Wildman–Crippen LogP) is 3.18. The predicted molar refractivity (Wildman–Crippen MR) is 87.3 cm³/mol. The Bertz CT molecular complexity index is 850. The second-order valence-electron chi connectivity index (χ2n) is 4.58. The van der Waals surface area contributed by atoms with Crippen molar-refractivity contribution in [1.82, 2.24) is 4.98 Å². The standard InChI is InChI=1S/C13H13N3O2S3/c1-8(11-6-9-4-2-3-5-10(9)19-11)16-13-15-7-12(20-13)21(14,17)18/h2-8H,1H3,(H,15,16)(H2,14,17,18). The van der Waals surface area contributed by atoms with Crippen molar-refractivity contribution in [3.05, 3.63) is 41.4 Å². The van der Waals surface area contributed by atoms with Crippen LogP contribution in [0.15, 0.2) is 40.7 Å². The fourth-order valence-corrected chi connectivity index (χ4v) is 4.53. The molecule has 0 amide bonds. The Morgan fingerprint density at radius 1 is 1.29 bits per heavy atom. The van der Waals surface area contributed by atoms with E-state index < -0.39 is 10.0 Å². The molecule has 0 fully saturated rings. The molecule has 3 aromatic rings. The van der Waals surface area contributed by atoms with Gasteiger partial charge in [-0.1, -0.05) is 29.5 Å². The van der Waals surface area contributed by atoms with Crippen LogP contribution in [-0.4, -0.2) is 13.4 Å². The molecule has 3 N–H and O–H groups in total. The molecule has 2 aromatic heterocycles. The molecule has 0 aliphatic carbocycles. The monoisotopic (exact) mass is 339 g/mol. The van der Waals surface area contributed by atoms with Gasteiger partial charge in [-0.15, -0.1) is 11.3 Å². The lowest BCUT2D eigenvalue weighted by Crippen LogP contribution is -2.10. The quantitative estimate of drug-likeness (QED) is 0.764. The molecule has 0 aliphatic rings. The molecule has 1 unspecified atom stereocenters. The van der Waals surface area contributed by atoms with Crippen molar-refractivity contribution in [2.45, 2.75) is 17.2 Å². The minimum absolute atomic E-state index is 0.0434. The lowest BCUT2D eigenvalue weighted by Gasteiger charge is -2.10. The number of thiophene rings is 1. The lowest BCUT2D eigenvalue weighted by atomic mass is 10.2. The molecule has 1 aromatic carbocycles. The van der Waals surface area contributed by atoms with Gasteiger partial charge in [0.25, 0.3) is 0 Å². The van der Waals surface area contributed by atoms with Crippen LogP contribution in [0, 0.1) is 0 Å². The van der Waals surface area contributed by atoms with Crippen LogP contribution < -0.4 is 10.5 Å². The fraction of sp³-hybridized carbons (Fsp3) is 0.154. The molecule has 0 saturated heterocycles. The minimum Gasteiger partial charge on any atom is -0.354 e. The summed E-state index contributed by atoms with van der Waals surface area (Å²) in [5, 5.41) is 10.0.